The van der Waals surface area contributed by atoms with Crippen molar-refractivity contribution < 1.29 is 29.0 Å². The summed E-state index contributed by atoms with van der Waals surface area (Å²) < 4.78 is 5.37. The van der Waals surface area contributed by atoms with Crippen LogP contribution in [0.3, 0.4) is 0 Å². The van der Waals surface area contributed by atoms with Crippen LogP contribution in [0.5, 0.6) is 11.5 Å². The van der Waals surface area contributed by atoms with Crippen LogP contribution < -0.4 is 14.5 Å². The van der Waals surface area contributed by atoms with Crippen LogP contribution in [0.4, 0.5) is 22.7 Å². The Balaban J connectivity index is 1.20. The topological polar surface area (TPSA) is 129 Å². The molecule has 1 heterocycles. The molecule has 4 aliphatic rings. The number of ether oxygens (including phenoxy) is 1. The number of ketones is 2. The first-order chi connectivity index (χ1) is 23.1. The van der Waals surface area contributed by atoms with Gasteiger partial charge in [-0.2, -0.15) is 10.2 Å². The maximum absolute atomic E-state index is 14.2. The lowest BCUT2D eigenvalue weighted by atomic mass is 9.59. The molecule has 0 saturated carbocycles. The van der Waals surface area contributed by atoms with E-state index in [1.54, 1.807) is 43.3 Å². The number of aromatic hydroxyl groups is 1. The second-order valence-corrected chi connectivity index (χ2v) is 12.8. The summed E-state index contributed by atoms with van der Waals surface area (Å²) >= 11 is 0. The van der Waals surface area contributed by atoms with Gasteiger partial charge >= 0.3 is 0 Å². The number of nitrogens with zero attached hydrogens (tertiary/aromatic N) is 4. The lowest BCUT2D eigenvalue weighted by molar-refractivity contribution is -0.123. The highest BCUT2D eigenvalue weighted by molar-refractivity contribution is 6.25. The molecule has 7 rings (SSSR count). The van der Waals surface area contributed by atoms with Gasteiger partial charge in [-0.15, -0.1) is 0 Å². The number of carbonyl (C=O) groups is 4. The summed E-state index contributed by atoms with van der Waals surface area (Å²) in [5.74, 6) is -3.32. The van der Waals surface area contributed by atoms with Crippen molar-refractivity contribution in [3.8, 4) is 11.5 Å². The Labute approximate surface area is 277 Å². The number of rotatable bonds is 6. The molecule has 1 fully saturated rings. The van der Waals surface area contributed by atoms with E-state index < -0.39 is 23.7 Å². The number of hydrogen-bond donors (Lipinski definition) is 1. The monoisotopic (exact) mass is 642 g/mol. The second kappa shape index (κ2) is 11.9. The summed E-state index contributed by atoms with van der Waals surface area (Å²) in [7, 11) is 5.37. The van der Waals surface area contributed by atoms with Crippen LogP contribution in [0.25, 0.3) is 0 Å². The largest absolute Gasteiger partial charge is 0.504 e. The van der Waals surface area contributed by atoms with E-state index >= 15 is 0 Å². The van der Waals surface area contributed by atoms with E-state index in [0.717, 1.165) is 11.3 Å². The van der Waals surface area contributed by atoms with E-state index in [0.29, 0.717) is 45.8 Å². The summed E-state index contributed by atoms with van der Waals surface area (Å²) in [6.45, 7) is 1.62. The first-order valence-electron chi connectivity index (χ1n) is 15.8. The SMILES string of the molecule is COc1cc([C@H]2C3=CC[C@@H]4C(=O)N(c5ccc(N=Nc6ccc(N(C)C)cc6)cc5)C(=O)[C@@H]4[C@@H]3CC3=C2C(=O)C=C(C)C3=O)ccc1O. The number of amides is 2. The minimum Gasteiger partial charge on any atom is -0.504 e. The molecular weight excluding hydrogens is 608 g/mol. The predicted molar refractivity (Wildman–Crippen MR) is 180 cm³/mol. The van der Waals surface area contributed by atoms with E-state index in [1.807, 2.05) is 49.3 Å². The maximum atomic E-state index is 14.2. The minimum atomic E-state index is -0.702. The molecular formula is C38H34N4O6. The molecule has 0 spiro atoms. The summed E-state index contributed by atoms with van der Waals surface area (Å²) in [6, 6.07) is 19.3. The van der Waals surface area contributed by atoms with Gasteiger partial charge in [-0.05, 0) is 98.0 Å². The van der Waals surface area contributed by atoms with Crippen LogP contribution in [0.15, 0.2) is 111 Å². The van der Waals surface area contributed by atoms with Crippen LogP contribution >= 0.6 is 0 Å². The van der Waals surface area contributed by atoms with Crippen LogP contribution in [0.2, 0.25) is 0 Å². The molecule has 3 aromatic carbocycles. The van der Waals surface area contributed by atoms with Crippen molar-refractivity contribution >= 4 is 46.1 Å². The Morgan fingerprint density at radius 3 is 2.19 bits per heavy atom. The molecule has 0 radical (unpaired) electrons. The molecule has 242 valence electrons. The number of methoxy groups -OCH3 is 1. The highest BCUT2D eigenvalue weighted by Crippen LogP contribution is 2.56. The molecule has 1 aliphatic heterocycles. The molecule has 0 aromatic heterocycles. The summed E-state index contributed by atoms with van der Waals surface area (Å²) in [5.41, 5.74) is 5.35. The van der Waals surface area contributed by atoms with Crippen molar-refractivity contribution in [3.05, 3.63) is 107 Å². The lowest BCUT2D eigenvalue weighted by Crippen LogP contribution is -2.39. The van der Waals surface area contributed by atoms with Crippen LogP contribution in [-0.4, -0.2) is 49.7 Å². The van der Waals surface area contributed by atoms with Gasteiger partial charge in [0, 0.05) is 42.4 Å². The Kier molecular flexibility index (Phi) is 7.66. The number of carbonyl (C=O) groups excluding carboxylic acids is 4. The fourth-order valence-electron chi connectivity index (χ4n) is 7.49. The first kappa shape index (κ1) is 31.0. The number of phenolic OH excluding ortho intramolecular Hbond substituents is 1. The third kappa shape index (κ3) is 5.04. The second-order valence-electron chi connectivity index (χ2n) is 12.8. The van der Waals surface area contributed by atoms with E-state index in [9.17, 15) is 24.3 Å². The number of benzene rings is 3. The summed E-state index contributed by atoms with van der Waals surface area (Å²) in [5, 5.41) is 18.9. The normalized spacial score (nSPS) is 23.5. The first-order valence-corrected chi connectivity index (χ1v) is 15.8. The molecule has 4 atom stereocenters. The van der Waals surface area contributed by atoms with Gasteiger partial charge in [0.2, 0.25) is 11.8 Å². The average Bonchev–Trinajstić information content (AvgIpc) is 3.35. The van der Waals surface area contributed by atoms with Gasteiger partial charge in [0.25, 0.3) is 0 Å². The van der Waals surface area contributed by atoms with Gasteiger partial charge in [-0.25, -0.2) is 0 Å². The van der Waals surface area contributed by atoms with Crippen molar-refractivity contribution in [2.75, 3.05) is 31.0 Å². The van der Waals surface area contributed by atoms with Crippen molar-refractivity contribution in [1.82, 2.24) is 0 Å². The minimum absolute atomic E-state index is 0.0550. The Morgan fingerprint density at radius 2 is 1.54 bits per heavy atom. The number of azo groups is 1. The van der Waals surface area contributed by atoms with E-state index in [2.05, 4.69) is 10.2 Å². The van der Waals surface area contributed by atoms with Crippen molar-refractivity contribution in [1.29, 1.82) is 0 Å². The van der Waals surface area contributed by atoms with Gasteiger partial charge in [0.15, 0.2) is 23.1 Å². The number of allylic oxidation sites excluding steroid dienone is 6. The summed E-state index contributed by atoms with van der Waals surface area (Å²) in [6.07, 6.45) is 3.84. The van der Waals surface area contributed by atoms with E-state index in [1.165, 1.54) is 24.2 Å². The number of fused-ring (bicyclic) bond motifs is 3. The highest BCUT2D eigenvalue weighted by atomic mass is 16.5. The molecule has 48 heavy (non-hydrogen) atoms. The van der Waals surface area contributed by atoms with Gasteiger partial charge in [0.05, 0.1) is 36.0 Å². The molecule has 0 unspecified atom stereocenters. The van der Waals surface area contributed by atoms with Crippen molar-refractivity contribution in [3.63, 3.8) is 0 Å². The molecule has 1 N–H and O–H groups in total. The van der Waals surface area contributed by atoms with Gasteiger partial charge < -0.3 is 14.7 Å². The highest BCUT2D eigenvalue weighted by Gasteiger charge is 2.56. The zero-order valence-electron chi connectivity index (χ0n) is 27.0. The molecule has 3 aliphatic carbocycles. The van der Waals surface area contributed by atoms with Gasteiger partial charge in [-0.1, -0.05) is 17.7 Å². The molecule has 3 aromatic rings. The van der Waals surface area contributed by atoms with E-state index in [-0.39, 0.29) is 41.3 Å². The quantitative estimate of drug-likeness (QED) is 0.140. The fourth-order valence-corrected chi connectivity index (χ4v) is 7.49. The van der Waals surface area contributed by atoms with Crippen molar-refractivity contribution in [2.45, 2.75) is 25.7 Å². The number of hydrogen-bond acceptors (Lipinski definition) is 9. The maximum Gasteiger partial charge on any atom is 0.238 e. The number of anilines is 2. The fraction of sp³-hybridized carbons (Fsp3) is 0.263. The van der Waals surface area contributed by atoms with E-state index in [4.69, 9.17) is 4.74 Å². The van der Waals surface area contributed by atoms with Crippen LogP contribution in [0.1, 0.15) is 31.2 Å². The van der Waals surface area contributed by atoms with Crippen LogP contribution in [-0.2, 0) is 19.2 Å². The summed E-state index contributed by atoms with van der Waals surface area (Å²) in [4.78, 5) is 58.4. The van der Waals surface area contributed by atoms with Crippen molar-refractivity contribution in [2.24, 2.45) is 28.0 Å². The Morgan fingerprint density at radius 1 is 0.875 bits per heavy atom. The number of phenols is 1. The number of imide groups is 1. The van der Waals surface area contributed by atoms with Crippen LogP contribution in [0, 0.1) is 17.8 Å². The third-order valence-corrected chi connectivity index (χ3v) is 9.85. The number of Topliss-reactive ketones (excluding diaryl/α,β-unsaturated/α-hetero) is 1. The molecule has 10 nitrogen and oxygen atoms in total. The standard InChI is InChI=1S/C38H34N4O6/c1-20-17-31(44)35-29(36(20)45)19-28-26(33(35)21-5-16-30(43)32(18-21)48-4)14-15-27-34(28)38(47)42(37(27)46)25-12-8-23(9-13-25)40-39-22-6-10-24(11-7-22)41(2)3/h5-14,16-18,27-28,33-34,43H,15,19H2,1-4H3/t27-,28+,33-,34-/m0/s1. The predicted octanol–water partition coefficient (Wildman–Crippen LogP) is 6.52. The zero-order valence-corrected chi connectivity index (χ0v) is 27.0. The molecule has 10 heteroatoms. The zero-order chi connectivity index (χ0) is 33.9. The van der Waals surface area contributed by atoms with Gasteiger partial charge in [-0.3, -0.25) is 24.1 Å². The smallest absolute Gasteiger partial charge is 0.238 e. The Hall–Kier alpha value is -5.64. The lowest BCUT2D eigenvalue weighted by Gasteiger charge is -2.42. The molecule has 1 saturated heterocycles. The molecule has 0 bridgehead atoms. The Bertz CT molecular complexity index is 2010. The third-order valence-electron chi connectivity index (χ3n) is 9.85. The average molecular weight is 643 g/mol. The van der Waals surface area contributed by atoms with Gasteiger partial charge in [0.1, 0.15) is 0 Å². The molecule has 2 amide bonds.